The van der Waals surface area contributed by atoms with Crippen LogP contribution in [-0.4, -0.2) is 38.5 Å². The number of hydrogen-bond acceptors (Lipinski definition) is 7. The molecule has 0 aliphatic carbocycles. The van der Waals surface area contributed by atoms with Crippen LogP contribution in [0.1, 0.15) is 32.2 Å². The molecule has 2 aromatic carbocycles. The minimum Gasteiger partial charge on any atom is -0.497 e. The van der Waals surface area contributed by atoms with Gasteiger partial charge in [-0.15, -0.1) is 0 Å². The molecule has 0 radical (unpaired) electrons. The van der Waals surface area contributed by atoms with Crippen LogP contribution >= 0.6 is 0 Å². The molecule has 1 aromatic heterocycles. The molecule has 0 saturated heterocycles. The molecule has 0 saturated carbocycles. The van der Waals surface area contributed by atoms with Crippen LogP contribution in [0.4, 0.5) is 0 Å². The van der Waals surface area contributed by atoms with Crippen LogP contribution in [0.2, 0.25) is 0 Å². The Kier molecular flexibility index (Phi) is 7.15. The third-order valence-electron chi connectivity index (χ3n) is 4.04. The van der Waals surface area contributed by atoms with Gasteiger partial charge in [0.1, 0.15) is 11.5 Å². The minimum atomic E-state index is -0.592. The van der Waals surface area contributed by atoms with Crippen molar-refractivity contribution < 1.29 is 23.5 Å². The number of hydrogen-bond donors (Lipinski definition) is 2. The van der Waals surface area contributed by atoms with E-state index in [9.17, 15) is 9.59 Å². The zero-order valence-corrected chi connectivity index (χ0v) is 16.9. The molecule has 2 N–H and O–H groups in total. The lowest BCUT2D eigenvalue weighted by Gasteiger charge is -2.00. The van der Waals surface area contributed by atoms with Crippen LogP contribution in [0, 0.1) is 0 Å². The molecular formula is C22H20N4O5. The third kappa shape index (κ3) is 6.04. The number of benzene rings is 2. The summed E-state index contributed by atoms with van der Waals surface area (Å²) in [6, 6.07) is 17.0. The van der Waals surface area contributed by atoms with Crippen molar-refractivity contribution in [2.75, 3.05) is 14.2 Å². The Morgan fingerprint density at radius 1 is 0.710 bits per heavy atom. The zero-order chi connectivity index (χ0) is 22.1. The van der Waals surface area contributed by atoms with E-state index in [4.69, 9.17) is 13.9 Å². The number of methoxy groups -OCH3 is 2. The third-order valence-corrected chi connectivity index (χ3v) is 4.04. The Hall–Kier alpha value is -4.40. The van der Waals surface area contributed by atoms with Crippen molar-refractivity contribution in [2.45, 2.75) is 0 Å². The van der Waals surface area contributed by atoms with Gasteiger partial charge in [0, 0.05) is 0 Å². The highest BCUT2D eigenvalue weighted by Crippen LogP contribution is 2.11. The van der Waals surface area contributed by atoms with Crippen LogP contribution in [-0.2, 0) is 0 Å². The van der Waals surface area contributed by atoms with Crippen LogP contribution in [0.5, 0.6) is 11.5 Å². The molecule has 2 amide bonds. The lowest BCUT2D eigenvalue weighted by molar-refractivity contribution is 0.0902. The summed E-state index contributed by atoms with van der Waals surface area (Å²) >= 11 is 0. The highest BCUT2D eigenvalue weighted by Gasteiger charge is 2.15. The summed E-state index contributed by atoms with van der Waals surface area (Å²) in [5.74, 6) is 0.134. The van der Waals surface area contributed by atoms with Crippen molar-refractivity contribution in [3.63, 3.8) is 0 Å². The number of carbonyl (C=O) groups excluding carboxylic acids is 2. The Labute approximate surface area is 178 Å². The monoisotopic (exact) mass is 420 g/mol. The van der Waals surface area contributed by atoms with Gasteiger partial charge < -0.3 is 13.9 Å². The van der Waals surface area contributed by atoms with Gasteiger partial charge in [0.25, 0.3) is 0 Å². The predicted octanol–water partition coefficient (Wildman–Crippen LogP) is 2.82. The first-order valence-corrected chi connectivity index (χ1v) is 9.14. The van der Waals surface area contributed by atoms with Crippen molar-refractivity contribution >= 4 is 24.2 Å². The quantitative estimate of drug-likeness (QED) is 0.430. The molecule has 0 aliphatic heterocycles. The molecule has 3 aromatic rings. The van der Waals surface area contributed by atoms with Crippen molar-refractivity contribution in [3.8, 4) is 11.5 Å². The number of furan rings is 1. The van der Waals surface area contributed by atoms with Gasteiger partial charge in [-0.3, -0.25) is 9.59 Å². The lowest BCUT2D eigenvalue weighted by Crippen LogP contribution is -2.18. The Bertz CT molecular complexity index is 1000. The molecule has 0 aliphatic rings. The average Bonchev–Trinajstić information content (AvgIpc) is 3.30. The second kappa shape index (κ2) is 10.4. The average molecular weight is 420 g/mol. The summed E-state index contributed by atoms with van der Waals surface area (Å²) in [4.78, 5) is 24.2. The van der Waals surface area contributed by atoms with Gasteiger partial charge in [-0.1, -0.05) is 0 Å². The molecular weight excluding hydrogens is 400 g/mol. The number of carbonyl (C=O) groups is 2. The number of nitrogens with one attached hydrogen (secondary N) is 2. The fourth-order valence-corrected chi connectivity index (χ4v) is 2.40. The normalized spacial score (nSPS) is 10.9. The van der Waals surface area contributed by atoms with Gasteiger partial charge in [-0.2, -0.15) is 10.2 Å². The standard InChI is InChI=1S/C22H20N4O5/c1-29-17-7-3-15(4-8-17)13-23-25-21(27)19-11-12-20(31-19)22(28)26-24-14-16-5-9-18(30-2)10-6-16/h3-14H,1-2H3,(H,25,27)(H,26,28). The van der Waals surface area contributed by atoms with Crippen molar-refractivity contribution in [1.82, 2.24) is 10.9 Å². The zero-order valence-electron chi connectivity index (χ0n) is 16.9. The van der Waals surface area contributed by atoms with Gasteiger partial charge >= 0.3 is 11.8 Å². The fourth-order valence-electron chi connectivity index (χ4n) is 2.40. The van der Waals surface area contributed by atoms with E-state index in [1.807, 2.05) is 0 Å². The summed E-state index contributed by atoms with van der Waals surface area (Å²) in [5.41, 5.74) is 6.22. The molecule has 158 valence electrons. The molecule has 0 bridgehead atoms. The molecule has 0 spiro atoms. The first-order valence-electron chi connectivity index (χ1n) is 9.14. The van der Waals surface area contributed by atoms with E-state index in [0.717, 1.165) is 22.6 Å². The maximum absolute atomic E-state index is 12.1. The Morgan fingerprint density at radius 2 is 1.10 bits per heavy atom. The molecule has 31 heavy (non-hydrogen) atoms. The number of hydrazone groups is 2. The van der Waals surface area contributed by atoms with E-state index in [0.29, 0.717) is 0 Å². The Balaban J connectivity index is 1.51. The largest absolute Gasteiger partial charge is 0.497 e. The minimum absolute atomic E-state index is 0.0591. The number of rotatable bonds is 8. The molecule has 0 unspecified atom stereocenters. The SMILES string of the molecule is COc1ccc(C=NNC(=O)c2ccc(C(=O)NN=Cc3ccc(OC)cc3)o2)cc1. The summed E-state index contributed by atoms with van der Waals surface area (Å²) < 4.78 is 15.4. The first-order chi connectivity index (χ1) is 15.1. The number of ether oxygens (including phenoxy) is 2. The highest BCUT2D eigenvalue weighted by atomic mass is 16.5. The van der Waals surface area contributed by atoms with Crippen LogP contribution in [0.3, 0.4) is 0 Å². The summed E-state index contributed by atoms with van der Waals surface area (Å²) in [6.07, 6.45) is 2.95. The maximum atomic E-state index is 12.1. The maximum Gasteiger partial charge on any atom is 0.307 e. The van der Waals surface area contributed by atoms with Gasteiger partial charge in [-0.25, -0.2) is 10.9 Å². The molecule has 9 heteroatoms. The van der Waals surface area contributed by atoms with Crippen LogP contribution < -0.4 is 20.3 Å². The van der Waals surface area contributed by atoms with Crippen LogP contribution in [0.15, 0.2) is 75.3 Å². The topological polar surface area (TPSA) is 115 Å². The number of amides is 2. The number of nitrogens with zero attached hydrogens (tertiary/aromatic N) is 2. The van der Waals surface area contributed by atoms with Crippen molar-refractivity contribution in [3.05, 3.63) is 83.3 Å². The second-order valence-electron chi connectivity index (χ2n) is 6.11. The summed E-state index contributed by atoms with van der Waals surface area (Å²) in [6.45, 7) is 0. The van der Waals surface area contributed by atoms with E-state index in [1.54, 1.807) is 62.8 Å². The molecule has 9 nitrogen and oxygen atoms in total. The van der Waals surface area contributed by atoms with Gasteiger partial charge in [0.15, 0.2) is 11.5 Å². The molecule has 3 rings (SSSR count). The van der Waals surface area contributed by atoms with Gasteiger partial charge in [0.05, 0.1) is 26.6 Å². The van der Waals surface area contributed by atoms with E-state index in [2.05, 4.69) is 21.1 Å². The van der Waals surface area contributed by atoms with E-state index in [1.165, 1.54) is 24.6 Å². The smallest absolute Gasteiger partial charge is 0.307 e. The Morgan fingerprint density at radius 3 is 1.45 bits per heavy atom. The second-order valence-corrected chi connectivity index (χ2v) is 6.11. The molecule has 0 atom stereocenters. The van der Waals surface area contributed by atoms with Crippen molar-refractivity contribution in [2.24, 2.45) is 10.2 Å². The van der Waals surface area contributed by atoms with Crippen molar-refractivity contribution in [1.29, 1.82) is 0 Å². The first kappa shape index (κ1) is 21.3. The molecule has 0 fully saturated rings. The van der Waals surface area contributed by atoms with E-state index < -0.39 is 11.8 Å². The lowest BCUT2D eigenvalue weighted by atomic mass is 10.2. The molecule has 1 heterocycles. The summed E-state index contributed by atoms with van der Waals surface area (Å²) in [5, 5.41) is 7.73. The predicted molar refractivity (Wildman–Crippen MR) is 115 cm³/mol. The van der Waals surface area contributed by atoms with Gasteiger partial charge in [0.2, 0.25) is 0 Å². The highest BCUT2D eigenvalue weighted by molar-refractivity contribution is 5.96. The summed E-state index contributed by atoms with van der Waals surface area (Å²) in [7, 11) is 3.16. The van der Waals surface area contributed by atoms with E-state index >= 15 is 0 Å². The van der Waals surface area contributed by atoms with Gasteiger partial charge in [-0.05, 0) is 71.8 Å². The van der Waals surface area contributed by atoms with Crippen LogP contribution in [0.25, 0.3) is 0 Å². The van der Waals surface area contributed by atoms with E-state index in [-0.39, 0.29) is 11.5 Å². The fraction of sp³-hybridized carbons (Fsp3) is 0.0909.